The van der Waals surface area contributed by atoms with Crippen molar-refractivity contribution in [2.24, 2.45) is 5.10 Å². The van der Waals surface area contributed by atoms with E-state index in [0.29, 0.717) is 46.7 Å². The fourth-order valence-electron chi connectivity index (χ4n) is 3.47. The van der Waals surface area contributed by atoms with E-state index >= 15 is 0 Å². The number of carbonyl (C=O) groups is 1. The van der Waals surface area contributed by atoms with Crippen LogP contribution in [0, 0.1) is 0 Å². The van der Waals surface area contributed by atoms with Crippen molar-refractivity contribution >= 4 is 38.9 Å². The third kappa shape index (κ3) is 6.12. The summed E-state index contributed by atoms with van der Waals surface area (Å²) in [4.78, 5) is 12.6. The zero-order valence-corrected chi connectivity index (χ0v) is 20.8. The van der Waals surface area contributed by atoms with Crippen molar-refractivity contribution in [3.63, 3.8) is 0 Å². The number of nitrogens with one attached hydrogen (secondary N) is 1. The molecule has 0 spiro atoms. The predicted molar refractivity (Wildman–Crippen MR) is 136 cm³/mol. The average Bonchev–Trinajstić information content (AvgIpc) is 2.86. The number of anilines is 1. The molecule has 1 heterocycles. The van der Waals surface area contributed by atoms with Gasteiger partial charge in [0.1, 0.15) is 13.2 Å². The second-order valence-corrected chi connectivity index (χ2v) is 10.3. The molecule has 3 aromatic rings. The first-order valence-corrected chi connectivity index (χ1v) is 13.0. The maximum atomic E-state index is 12.6. The Balaban J connectivity index is 1.46. The second kappa shape index (κ2) is 10.4. The van der Waals surface area contributed by atoms with Crippen LogP contribution in [0.4, 0.5) is 5.69 Å². The lowest BCUT2D eigenvalue weighted by Crippen LogP contribution is -2.29. The number of benzene rings is 3. The van der Waals surface area contributed by atoms with Crippen LogP contribution in [-0.2, 0) is 16.6 Å². The Morgan fingerprint density at radius 3 is 2.26 bits per heavy atom. The third-order valence-corrected chi connectivity index (χ3v) is 6.73. The minimum atomic E-state index is -3.56. The molecule has 10 heteroatoms. The topological polar surface area (TPSA) is 97.3 Å². The van der Waals surface area contributed by atoms with Crippen molar-refractivity contribution in [2.75, 3.05) is 23.8 Å². The number of carbonyl (C=O) groups excluding carboxylic acids is 1. The van der Waals surface area contributed by atoms with Gasteiger partial charge in [-0.05, 0) is 67.1 Å². The van der Waals surface area contributed by atoms with Gasteiger partial charge < -0.3 is 9.47 Å². The summed E-state index contributed by atoms with van der Waals surface area (Å²) in [6.07, 6.45) is 1.14. The maximum absolute atomic E-state index is 12.6. The molecule has 35 heavy (non-hydrogen) atoms. The molecule has 4 rings (SSSR count). The summed E-state index contributed by atoms with van der Waals surface area (Å²) in [6.45, 7) is 2.91. The van der Waals surface area contributed by atoms with Gasteiger partial charge in [-0.2, -0.15) is 5.10 Å². The van der Waals surface area contributed by atoms with Crippen molar-refractivity contribution in [1.29, 1.82) is 0 Å². The molecule has 1 aliphatic heterocycles. The summed E-state index contributed by atoms with van der Waals surface area (Å²) in [7, 11) is -3.56. The van der Waals surface area contributed by atoms with Crippen LogP contribution in [0.1, 0.15) is 28.4 Å². The molecule has 0 aliphatic carbocycles. The van der Waals surface area contributed by atoms with E-state index in [4.69, 9.17) is 21.1 Å². The van der Waals surface area contributed by atoms with Crippen molar-refractivity contribution in [1.82, 2.24) is 5.43 Å². The molecular weight excluding hydrogens is 490 g/mol. The van der Waals surface area contributed by atoms with Gasteiger partial charge in [-0.15, -0.1) is 0 Å². The van der Waals surface area contributed by atoms with Gasteiger partial charge in [0.05, 0.1) is 24.2 Å². The zero-order valence-electron chi connectivity index (χ0n) is 19.2. The number of hydrogen-bond acceptors (Lipinski definition) is 6. The van der Waals surface area contributed by atoms with E-state index in [1.54, 1.807) is 61.5 Å². The van der Waals surface area contributed by atoms with Crippen LogP contribution in [-0.4, -0.2) is 39.5 Å². The van der Waals surface area contributed by atoms with Gasteiger partial charge in [0.15, 0.2) is 11.5 Å². The quantitative estimate of drug-likeness (QED) is 0.376. The highest BCUT2D eigenvalue weighted by atomic mass is 35.5. The van der Waals surface area contributed by atoms with Crippen LogP contribution in [0.3, 0.4) is 0 Å². The third-order valence-electron chi connectivity index (χ3n) is 5.34. The molecule has 0 aromatic heterocycles. The Bertz CT molecular complexity index is 1360. The lowest BCUT2D eigenvalue weighted by molar-refractivity contribution is 0.0955. The van der Waals surface area contributed by atoms with E-state index in [-0.39, 0.29) is 6.54 Å². The van der Waals surface area contributed by atoms with Crippen LogP contribution >= 0.6 is 11.6 Å². The average molecular weight is 514 g/mol. The van der Waals surface area contributed by atoms with E-state index in [0.717, 1.165) is 17.4 Å². The van der Waals surface area contributed by atoms with E-state index in [1.807, 2.05) is 12.1 Å². The number of halogens is 1. The van der Waals surface area contributed by atoms with Crippen LogP contribution in [0.15, 0.2) is 71.8 Å². The molecule has 3 aromatic carbocycles. The fourth-order valence-corrected chi connectivity index (χ4v) is 4.48. The Labute approximate surface area is 209 Å². The summed E-state index contributed by atoms with van der Waals surface area (Å²) < 4.78 is 37.2. The Morgan fingerprint density at radius 2 is 1.60 bits per heavy atom. The number of hydrazone groups is 1. The Hall–Kier alpha value is -3.56. The number of rotatable bonds is 7. The normalized spacial score (nSPS) is 13.3. The zero-order chi connectivity index (χ0) is 25.0. The largest absolute Gasteiger partial charge is 0.486 e. The monoisotopic (exact) mass is 513 g/mol. The van der Waals surface area contributed by atoms with Crippen molar-refractivity contribution < 1.29 is 22.7 Å². The molecule has 0 bridgehead atoms. The first-order valence-electron chi connectivity index (χ1n) is 10.8. The number of sulfonamides is 1. The van der Waals surface area contributed by atoms with Crippen LogP contribution in [0.2, 0.25) is 5.02 Å². The molecule has 0 saturated carbocycles. The number of hydrogen-bond donors (Lipinski definition) is 1. The van der Waals surface area contributed by atoms with Gasteiger partial charge in [0.2, 0.25) is 10.0 Å². The molecule has 0 radical (unpaired) electrons. The van der Waals surface area contributed by atoms with E-state index in [1.165, 1.54) is 4.31 Å². The van der Waals surface area contributed by atoms with Crippen molar-refractivity contribution in [3.8, 4) is 11.5 Å². The fraction of sp³-hybridized carbons (Fsp3) is 0.200. The molecule has 1 amide bonds. The van der Waals surface area contributed by atoms with E-state index in [9.17, 15) is 13.2 Å². The number of ether oxygens (including phenoxy) is 2. The SMILES string of the molecule is C/C(=N/NC(=O)c1ccc(N(Cc2ccc(Cl)cc2)S(C)(=O)=O)cc1)c1ccc2c(c1)OCCO2. The molecular formula is C25H24ClN3O5S. The summed E-state index contributed by atoms with van der Waals surface area (Å²) >= 11 is 5.92. The summed E-state index contributed by atoms with van der Waals surface area (Å²) in [5.41, 5.74) is 5.48. The van der Waals surface area contributed by atoms with Crippen molar-refractivity contribution in [3.05, 3.63) is 88.4 Å². The molecule has 182 valence electrons. The Morgan fingerprint density at radius 1 is 0.971 bits per heavy atom. The molecule has 0 unspecified atom stereocenters. The lowest BCUT2D eigenvalue weighted by Gasteiger charge is -2.22. The lowest BCUT2D eigenvalue weighted by atomic mass is 10.1. The summed E-state index contributed by atoms with van der Waals surface area (Å²) in [5.74, 6) is 0.896. The highest BCUT2D eigenvalue weighted by molar-refractivity contribution is 7.92. The van der Waals surface area contributed by atoms with Crippen LogP contribution in [0.25, 0.3) is 0 Å². The number of nitrogens with zero attached hydrogens (tertiary/aromatic N) is 2. The molecule has 1 aliphatic rings. The minimum absolute atomic E-state index is 0.139. The first kappa shape index (κ1) is 24.6. The van der Waals surface area contributed by atoms with Crippen molar-refractivity contribution in [2.45, 2.75) is 13.5 Å². The highest BCUT2D eigenvalue weighted by Gasteiger charge is 2.19. The van der Waals surface area contributed by atoms with Gasteiger partial charge in [0, 0.05) is 16.1 Å². The molecule has 0 atom stereocenters. The highest BCUT2D eigenvalue weighted by Crippen LogP contribution is 2.31. The van der Waals surface area contributed by atoms with Gasteiger partial charge in [-0.1, -0.05) is 23.7 Å². The summed E-state index contributed by atoms with van der Waals surface area (Å²) in [5, 5.41) is 4.75. The van der Waals surface area contributed by atoms with Gasteiger partial charge in [0.25, 0.3) is 5.91 Å². The molecule has 8 nitrogen and oxygen atoms in total. The molecule has 0 saturated heterocycles. The molecule has 0 fully saturated rings. The predicted octanol–water partition coefficient (Wildman–Crippen LogP) is 4.23. The van der Waals surface area contributed by atoms with Gasteiger partial charge >= 0.3 is 0 Å². The van der Waals surface area contributed by atoms with E-state index in [2.05, 4.69) is 10.5 Å². The van der Waals surface area contributed by atoms with Crippen LogP contribution in [0.5, 0.6) is 11.5 Å². The smallest absolute Gasteiger partial charge is 0.271 e. The standard InChI is InChI=1S/C25H24ClN3O5S/c1-17(20-7-12-23-24(15-20)34-14-13-33-23)27-28-25(30)19-5-10-22(11-6-19)29(35(2,31)32)16-18-3-8-21(26)9-4-18/h3-12,15H,13-14,16H2,1-2H3,(H,28,30)/b27-17-. The van der Waals surface area contributed by atoms with Crippen LogP contribution < -0.4 is 19.2 Å². The van der Waals surface area contributed by atoms with E-state index < -0.39 is 15.9 Å². The minimum Gasteiger partial charge on any atom is -0.486 e. The number of amides is 1. The number of fused-ring (bicyclic) bond motifs is 1. The van der Waals surface area contributed by atoms with Gasteiger partial charge in [-0.25, -0.2) is 13.8 Å². The van der Waals surface area contributed by atoms with Gasteiger partial charge in [-0.3, -0.25) is 9.10 Å². The summed E-state index contributed by atoms with van der Waals surface area (Å²) in [6, 6.07) is 18.7. The second-order valence-electron chi connectivity index (χ2n) is 7.94. The Kier molecular flexibility index (Phi) is 7.28. The first-order chi connectivity index (χ1) is 16.7. The maximum Gasteiger partial charge on any atom is 0.271 e. The molecule has 1 N–H and O–H groups in total.